The average Bonchev–Trinajstić information content (AvgIpc) is 2.54. The zero-order valence-corrected chi connectivity index (χ0v) is 14.4. The van der Waals surface area contributed by atoms with Crippen molar-refractivity contribution in [2.75, 3.05) is 0 Å². The van der Waals surface area contributed by atoms with Crippen molar-refractivity contribution in [2.24, 2.45) is 0 Å². The van der Waals surface area contributed by atoms with E-state index in [0.717, 1.165) is 19.8 Å². The van der Waals surface area contributed by atoms with Crippen molar-refractivity contribution in [3.05, 3.63) is 59.7 Å². The fraction of sp³-hybridized carbons (Fsp3) is 0.350. The largest absolute Gasteiger partial charge is 0.508 e. The second-order valence-electron chi connectivity index (χ2n) is 5.73. The van der Waals surface area contributed by atoms with E-state index in [1.165, 1.54) is 11.1 Å². The van der Waals surface area contributed by atoms with Crippen molar-refractivity contribution in [1.82, 2.24) is 0 Å². The fourth-order valence-corrected chi connectivity index (χ4v) is 2.95. The predicted octanol–water partition coefficient (Wildman–Crippen LogP) is 4.88. The molecular formula is C20H26O4. The summed E-state index contributed by atoms with van der Waals surface area (Å²) in [6.45, 7) is 5.47. The summed E-state index contributed by atoms with van der Waals surface area (Å²) in [6.07, 6.45) is 2.09. The summed E-state index contributed by atoms with van der Waals surface area (Å²) in [6, 6.07) is 15.0. The van der Waals surface area contributed by atoms with Crippen LogP contribution in [-0.4, -0.2) is 21.3 Å². The normalized spacial score (nSPS) is 12.6. The van der Waals surface area contributed by atoms with Gasteiger partial charge in [0.2, 0.25) is 0 Å². The topological polar surface area (TPSA) is 77.8 Å². The molecule has 0 fully saturated rings. The lowest BCUT2D eigenvalue weighted by molar-refractivity contribution is -0.134. The van der Waals surface area contributed by atoms with Gasteiger partial charge in [0, 0.05) is 6.92 Å². The van der Waals surface area contributed by atoms with Gasteiger partial charge < -0.3 is 15.3 Å². The summed E-state index contributed by atoms with van der Waals surface area (Å²) in [4.78, 5) is 9.00. The number of hydrogen-bond donors (Lipinski definition) is 3. The number of carboxylic acids is 1. The molecule has 0 bridgehead atoms. The Morgan fingerprint density at radius 1 is 0.792 bits per heavy atom. The van der Waals surface area contributed by atoms with Crippen LogP contribution in [0.15, 0.2) is 48.5 Å². The minimum absolute atomic E-state index is 0.307. The zero-order valence-electron chi connectivity index (χ0n) is 14.4. The standard InChI is InChI=1S/C18H22O2.C2H4O2/c1-3-17(13-5-9-15(19)10-6-13)18(4-2)14-7-11-16(20)12-8-14;1-2(3)4/h5-12,17-20H,3-4H2,1-2H3;1H3,(H,3,4)/t17-,18+;. The third kappa shape index (κ3) is 5.95. The van der Waals surface area contributed by atoms with Crippen LogP contribution in [0.2, 0.25) is 0 Å². The first-order chi connectivity index (χ1) is 11.4. The molecular weight excluding hydrogens is 304 g/mol. The second-order valence-corrected chi connectivity index (χ2v) is 5.73. The Morgan fingerprint density at radius 3 is 1.25 bits per heavy atom. The van der Waals surface area contributed by atoms with E-state index in [0.29, 0.717) is 23.3 Å². The molecule has 2 aromatic carbocycles. The van der Waals surface area contributed by atoms with Gasteiger partial charge in [0.1, 0.15) is 11.5 Å². The van der Waals surface area contributed by atoms with Gasteiger partial charge in [0.15, 0.2) is 0 Å². The summed E-state index contributed by atoms with van der Waals surface area (Å²) < 4.78 is 0. The van der Waals surface area contributed by atoms with Gasteiger partial charge in [-0.15, -0.1) is 0 Å². The molecule has 0 unspecified atom stereocenters. The molecule has 0 aliphatic carbocycles. The highest BCUT2D eigenvalue weighted by Crippen LogP contribution is 2.38. The highest BCUT2D eigenvalue weighted by molar-refractivity contribution is 5.62. The molecule has 4 heteroatoms. The summed E-state index contributed by atoms with van der Waals surface area (Å²) in [5.41, 5.74) is 2.51. The average molecular weight is 330 g/mol. The number of carbonyl (C=O) groups is 1. The molecule has 3 N–H and O–H groups in total. The summed E-state index contributed by atoms with van der Waals surface area (Å²) >= 11 is 0. The Morgan fingerprint density at radius 2 is 1.04 bits per heavy atom. The molecule has 0 aliphatic heterocycles. The fourth-order valence-electron chi connectivity index (χ4n) is 2.95. The van der Waals surface area contributed by atoms with Gasteiger partial charge in [0.05, 0.1) is 0 Å². The number of carboxylic acid groups (broad SMARTS) is 1. The lowest BCUT2D eigenvalue weighted by Gasteiger charge is -2.26. The van der Waals surface area contributed by atoms with E-state index in [2.05, 4.69) is 13.8 Å². The molecule has 0 aromatic heterocycles. The summed E-state index contributed by atoms with van der Waals surface area (Å²) in [7, 11) is 0. The maximum absolute atomic E-state index is 9.43. The van der Waals surface area contributed by atoms with E-state index in [-0.39, 0.29) is 0 Å². The number of phenols is 2. The summed E-state index contributed by atoms with van der Waals surface area (Å²) in [5, 5.41) is 26.3. The molecule has 0 heterocycles. The van der Waals surface area contributed by atoms with Crippen molar-refractivity contribution < 1.29 is 20.1 Å². The first-order valence-electron chi connectivity index (χ1n) is 8.16. The van der Waals surface area contributed by atoms with Crippen LogP contribution in [0.3, 0.4) is 0 Å². The van der Waals surface area contributed by atoms with E-state index in [1.54, 1.807) is 24.3 Å². The number of aliphatic carboxylic acids is 1. The lowest BCUT2D eigenvalue weighted by Crippen LogP contribution is -2.10. The van der Waals surface area contributed by atoms with E-state index in [1.807, 2.05) is 24.3 Å². The molecule has 4 nitrogen and oxygen atoms in total. The Labute approximate surface area is 143 Å². The minimum Gasteiger partial charge on any atom is -0.508 e. The van der Waals surface area contributed by atoms with Crippen LogP contribution < -0.4 is 0 Å². The van der Waals surface area contributed by atoms with Crippen molar-refractivity contribution in [3.8, 4) is 11.5 Å². The lowest BCUT2D eigenvalue weighted by atomic mass is 9.78. The molecule has 2 aromatic rings. The van der Waals surface area contributed by atoms with E-state index in [9.17, 15) is 10.2 Å². The maximum Gasteiger partial charge on any atom is 0.300 e. The van der Waals surface area contributed by atoms with Crippen molar-refractivity contribution in [1.29, 1.82) is 0 Å². The van der Waals surface area contributed by atoms with Crippen LogP contribution in [0.5, 0.6) is 11.5 Å². The van der Waals surface area contributed by atoms with Gasteiger partial charge in [0.25, 0.3) is 5.97 Å². The summed E-state index contributed by atoms with van der Waals surface area (Å²) in [5.74, 6) is 0.623. The first kappa shape index (κ1) is 19.6. The third-order valence-corrected chi connectivity index (χ3v) is 4.01. The van der Waals surface area contributed by atoms with Crippen LogP contribution in [0.4, 0.5) is 0 Å². The Kier molecular flexibility index (Phi) is 7.83. The molecule has 0 spiro atoms. The Hall–Kier alpha value is -2.49. The molecule has 0 saturated carbocycles. The zero-order chi connectivity index (χ0) is 18.1. The predicted molar refractivity (Wildman–Crippen MR) is 95.6 cm³/mol. The molecule has 0 saturated heterocycles. The van der Waals surface area contributed by atoms with Gasteiger partial charge >= 0.3 is 0 Å². The monoisotopic (exact) mass is 330 g/mol. The SMILES string of the molecule is CC(=O)O.CC[C@H](c1ccc(O)cc1)[C@@H](CC)c1ccc(O)cc1. The molecule has 24 heavy (non-hydrogen) atoms. The number of benzene rings is 2. The van der Waals surface area contributed by atoms with E-state index in [4.69, 9.17) is 9.90 Å². The van der Waals surface area contributed by atoms with E-state index < -0.39 is 5.97 Å². The van der Waals surface area contributed by atoms with Crippen LogP contribution >= 0.6 is 0 Å². The quantitative estimate of drug-likeness (QED) is 0.730. The molecule has 0 radical (unpaired) electrons. The first-order valence-corrected chi connectivity index (χ1v) is 8.16. The van der Waals surface area contributed by atoms with Crippen LogP contribution in [0.25, 0.3) is 0 Å². The number of rotatable bonds is 5. The third-order valence-electron chi connectivity index (χ3n) is 4.01. The highest BCUT2D eigenvalue weighted by Gasteiger charge is 2.21. The highest BCUT2D eigenvalue weighted by atomic mass is 16.4. The molecule has 2 rings (SSSR count). The molecule has 2 atom stereocenters. The van der Waals surface area contributed by atoms with Crippen LogP contribution in [0, 0.1) is 0 Å². The van der Waals surface area contributed by atoms with E-state index >= 15 is 0 Å². The number of hydrogen-bond acceptors (Lipinski definition) is 3. The smallest absolute Gasteiger partial charge is 0.300 e. The van der Waals surface area contributed by atoms with Gasteiger partial charge in [-0.25, -0.2) is 0 Å². The van der Waals surface area contributed by atoms with Gasteiger partial charge in [-0.1, -0.05) is 38.1 Å². The molecule has 130 valence electrons. The van der Waals surface area contributed by atoms with Gasteiger partial charge in [-0.3, -0.25) is 4.79 Å². The van der Waals surface area contributed by atoms with Crippen LogP contribution in [-0.2, 0) is 4.79 Å². The van der Waals surface area contributed by atoms with Crippen LogP contribution in [0.1, 0.15) is 56.6 Å². The maximum atomic E-state index is 9.43. The van der Waals surface area contributed by atoms with Gasteiger partial charge in [-0.2, -0.15) is 0 Å². The van der Waals surface area contributed by atoms with Crippen molar-refractivity contribution >= 4 is 5.97 Å². The Balaban J connectivity index is 0.000000648. The molecule has 0 aliphatic rings. The Bertz CT molecular complexity index is 562. The molecule has 0 amide bonds. The van der Waals surface area contributed by atoms with Crippen molar-refractivity contribution in [3.63, 3.8) is 0 Å². The van der Waals surface area contributed by atoms with Gasteiger partial charge in [-0.05, 0) is 60.1 Å². The number of aromatic hydroxyl groups is 2. The minimum atomic E-state index is -0.833. The van der Waals surface area contributed by atoms with Crippen molar-refractivity contribution in [2.45, 2.75) is 45.4 Å². The number of phenolic OH excluding ortho intramolecular Hbond substituents is 2. The second kappa shape index (κ2) is 9.60.